The van der Waals surface area contributed by atoms with Crippen LogP contribution in [0.3, 0.4) is 0 Å². The van der Waals surface area contributed by atoms with Crippen LogP contribution in [-0.2, 0) is 16.6 Å². The van der Waals surface area contributed by atoms with Gasteiger partial charge >= 0.3 is 0 Å². The molecule has 0 bridgehead atoms. The lowest BCUT2D eigenvalue weighted by Crippen LogP contribution is -2.37. The molecule has 1 amide bonds. The first-order chi connectivity index (χ1) is 10.9. The maximum Gasteiger partial charge on any atom is 0.251 e. The van der Waals surface area contributed by atoms with E-state index in [1.807, 2.05) is 0 Å². The summed E-state index contributed by atoms with van der Waals surface area (Å²) < 4.78 is 30.0. The second-order valence-corrected chi connectivity index (χ2v) is 7.36. The molecule has 23 heavy (non-hydrogen) atoms. The van der Waals surface area contributed by atoms with Gasteiger partial charge in [0.05, 0.1) is 19.1 Å². The number of benzene rings is 1. The Morgan fingerprint density at radius 1 is 1.26 bits per heavy atom. The first-order valence-electron chi connectivity index (χ1n) is 6.87. The zero-order valence-electron chi connectivity index (χ0n) is 12.5. The van der Waals surface area contributed by atoms with Crippen LogP contribution < -0.4 is 5.32 Å². The first kappa shape index (κ1) is 17.5. The molecule has 0 fully saturated rings. The summed E-state index contributed by atoms with van der Waals surface area (Å²) in [4.78, 5) is 12.0. The van der Waals surface area contributed by atoms with Crippen molar-refractivity contribution in [2.75, 3.05) is 19.3 Å². The topological polar surface area (TPSA) is 79.6 Å². The molecule has 0 saturated heterocycles. The summed E-state index contributed by atoms with van der Waals surface area (Å²) in [5.41, 5.74) is 0.464. The first-order valence-corrected chi connectivity index (χ1v) is 9.10. The third-order valence-electron chi connectivity index (χ3n) is 3.13. The summed E-state index contributed by atoms with van der Waals surface area (Å²) in [6.07, 6.45) is 2.61. The van der Waals surface area contributed by atoms with Crippen molar-refractivity contribution in [2.45, 2.75) is 6.54 Å². The van der Waals surface area contributed by atoms with Crippen molar-refractivity contribution in [1.29, 1.82) is 0 Å². The molecule has 0 aliphatic rings. The van der Waals surface area contributed by atoms with Crippen molar-refractivity contribution in [2.24, 2.45) is 0 Å². The second-order valence-electron chi connectivity index (χ2n) is 4.94. The summed E-state index contributed by atoms with van der Waals surface area (Å²) in [5, 5.41) is 3.23. The van der Waals surface area contributed by atoms with Gasteiger partial charge in [0.1, 0.15) is 5.76 Å². The second kappa shape index (κ2) is 7.63. The van der Waals surface area contributed by atoms with Crippen LogP contribution in [0.5, 0.6) is 0 Å². The molecule has 0 aliphatic heterocycles. The predicted octanol–water partition coefficient (Wildman–Crippen LogP) is 2.12. The molecule has 0 unspecified atom stereocenters. The minimum Gasteiger partial charge on any atom is -0.468 e. The molecule has 8 heteroatoms. The Hall–Kier alpha value is -1.83. The van der Waals surface area contributed by atoms with Gasteiger partial charge in [0, 0.05) is 23.7 Å². The lowest BCUT2D eigenvalue weighted by atomic mass is 10.2. The molecule has 0 atom stereocenters. The standard InChI is InChI=1S/C15H17ClN2O4S/c1-23(20,21)18(11-14-3-2-10-22-14)9-8-17-15(19)12-4-6-13(16)7-5-12/h2-7,10H,8-9,11H2,1H3,(H,17,19). The van der Waals surface area contributed by atoms with Crippen molar-refractivity contribution >= 4 is 27.5 Å². The normalized spacial score (nSPS) is 11.6. The van der Waals surface area contributed by atoms with Gasteiger partial charge in [-0.25, -0.2) is 8.42 Å². The van der Waals surface area contributed by atoms with Crippen LogP contribution in [0.1, 0.15) is 16.1 Å². The molecule has 1 heterocycles. The lowest BCUT2D eigenvalue weighted by Gasteiger charge is -2.19. The molecule has 1 aromatic carbocycles. The van der Waals surface area contributed by atoms with Gasteiger partial charge in [0.25, 0.3) is 5.91 Å². The Kier molecular flexibility index (Phi) is 5.81. The van der Waals surface area contributed by atoms with Crippen molar-refractivity contribution in [3.63, 3.8) is 0 Å². The van der Waals surface area contributed by atoms with E-state index in [-0.39, 0.29) is 25.5 Å². The number of rotatable bonds is 7. The van der Waals surface area contributed by atoms with Crippen LogP contribution in [-0.4, -0.2) is 38.0 Å². The fraction of sp³-hybridized carbons (Fsp3) is 0.267. The Labute approximate surface area is 140 Å². The Balaban J connectivity index is 1.91. The molecule has 0 radical (unpaired) electrons. The van der Waals surface area contributed by atoms with Gasteiger partial charge in [-0.3, -0.25) is 4.79 Å². The average Bonchev–Trinajstić information content (AvgIpc) is 2.99. The highest BCUT2D eigenvalue weighted by Crippen LogP contribution is 2.10. The quantitative estimate of drug-likeness (QED) is 0.824. The zero-order chi connectivity index (χ0) is 16.9. The van der Waals surface area contributed by atoms with E-state index in [0.717, 1.165) is 6.26 Å². The average molecular weight is 357 g/mol. The van der Waals surface area contributed by atoms with Crippen molar-refractivity contribution < 1.29 is 17.6 Å². The molecular weight excluding hydrogens is 340 g/mol. The van der Waals surface area contributed by atoms with Gasteiger partial charge < -0.3 is 9.73 Å². The molecule has 0 saturated carbocycles. The summed E-state index contributed by atoms with van der Waals surface area (Å²) >= 11 is 5.77. The maximum atomic E-state index is 12.0. The number of halogens is 1. The van der Waals surface area contributed by atoms with E-state index in [0.29, 0.717) is 16.3 Å². The third-order valence-corrected chi connectivity index (χ3v) is 4.64. The molecule has 0 spiro atoms. The molecule has 2 rings (SSSR count). The van der Waals surface area contributed by atoms with Gasteiger partial charge in [0.2, 0.25) is 10.0 Å². The number of sulfonamides is 1. The predicted molar refractivity (Wildman–Crippen MR) is 87.7 cm³/mol. The third kappa shape index (κ3) is 5.38. The molecular formula is C15H17ClN2O4S. The highest BCUT2D eigenvalue weighted by atomic mass is 35.5. The fourth-order valence-corrected chi connectivity index (χ4v) is 2.85. The number of carbonyl (C=O) groups excluding carboxylic acids is 1. The van der Waals surface area contributed by atoms with Crippen LogP contribution >= 0.6 is 11.6 Å². The zero-order valence-corrected chi connectivity index (χ0v) is 14.1. The van der Waals surface area contributed by atoms with Gasteiger partial charge in [-0.05, 0) is 36.4 Å². The van der Waals surface area contributed by atoms with Crippen molar-refractivity contribution in [3.05, 3.63) is 59.0 Å². The summed E-state index contributed by atoms with van der Waals surface area (Å²) in [5.74, 6) is 0.257. The minimum atomic E-state index is -3.40. The van der Waals surface area contributed by atoms with Gasteiger partial charge in [-0.1, -0.05) is 11.6 Å². The van der Waals surface area contributed by atoms with Gasteiger partial charge in [0.15, 0.2) is 0 Å². The number of hydrogen-bond acceptors (Lipinski definition) is 4. The van der Waals surface area contributed by atoms with Crippen molar-refractivity contribution in [1.82, 2.24) is 9.62 Å². The van der Waals surface area contributed by atoms with E-state index in [2.05, 4.69) is 5.32 Å². The highest BCUT2D eigenvalue weighted by Gasteiger charge is 2.18. The summed E-state index contributed by atoms with van der Waals surface area (Å²) in [6, 6.07) is 9.85. The molecule has 6 nitrogen and oxygen atoms in total. The lowest BCUT2D eigenvalue weighted by molar-refractivity contribution is 0.0951. The van der Waals surface area contributed by atoms with E-state index in [1.165, 1.54) is 10.6 Å². The number of carbonyl (C=O) groups is 1. The molecule has 1 N–H and O–H groups in total. The van der Waals surface area contributed by atoms with Gasteiger partial charge in [-0.2, -0.15) is 4.31 Å². The Morgan fingerprint density at radius 2 is 1.96 bits per heavy atom. The molecule has 2 aromatic rings. The van der Waals surface area contributed by atoms with Crippen LogP contribution in [0.25, 0.3) is 0 Å². The van der Waals surface area contributed by atoms with E-state index in [4.69, 9.17) is 16.0 Å². The van der Waals surface area contributed by atoms with Gasteiger partial charge in [-0.15, -0.1) is 0 Å². The highest BCUT2D eigenvalue weighted by molar-refractivity contribution is 7.88. The minimum absolute atomic E-state index is 0.128. The van der Waals surface area contributed by atoms with Crippen LogP contribution in [0.15, 0.2) is 47.1 Å². The van der Waals surface area contributed by atoms with E-state index in [1.54, 1.807) is 36.4 Å². The van der Waals surface area contributed by atoms with Crippen LogP contribution in [0.4, 0.5) is 0 Å². The summed E-state index contributed by atoms with van der Waals surface area (Å²) in [6.45, 7) is 0.469. The number of hydrogen-bond donors (Lipinski definition) is 1. The largest absolute Gasteiger partial charge is 0.468 e. The fourth-order valence-electron chi connectivity index (χ4n) is 1.94. The van der Waals surface area contributed by atoms with E-state index < -0.39 is 10.0 Å². The van der Waals surface area contributed by atoms with E-state index >= 15 is 0 Å². The number of nitrogens with one attached hydrogen (secondary N) is 1. The smallest absolute Gasteiger partial charge is 0.251 e. The SMILES string of the molecule is CS(=O)(=O)N(CCNC(=O)c1ccc(Cl)cc1)Cc1ccco1. The van der Waals surface area contributed by atoms with Crippen LogP contribution in [0.2, 0.25) is 5.02 Å². The number of nitrogens with zero attached hydrogens (tertiary/aromatic N) is 1. The molecule has 1 aromatic heterocycles. The monoisotopic (exact) mass is 356 g/mol. The maximum absolute atomic E-state index is 12.0. The Bertz CT molecular complexity index is 742. The number of amides is 1. The van der Waals surface area contributed by atoms with Crippen molar-refractivity contribution in [3.8, 4) is 0 Å². The van der Waals surface area contributed by atoms with E-state index in [9.17, 15) is 13.2 Å². The summed E-state index contributed by atoms with van der Waals surface area (Å²) in [7, 11) is -3.40. The number of furan rings is 1. The Morgan fingerprint density at radius 3 is 2.52 bits per heavy atom. The van der Waals surface area contributed by atoms with Crippen LogP contribution in [0, 0.1) is 0 Å². The molecule has 124 valence electrons. The molecule has 0 aliphatic carbocycles.